The molecular formula is C13H20N4O2. The molecule has 0 unspecified atom stereocenters. The number of carbonyl (C=O) groups is 1. The Hall–Kier alpha value is -1.69. The zero-order valence-electron chi connectivity index (χ0n) is 11.4. The van der Waals surface area contributed by atoms with E-state index in [1.165, 1.54) is 0 Å². The van der Waals surface area contributed by atoms with Crippen LogP contribution in [-0.2, 0) is 4.74 Å². The smallest absolute Gasteiger partial charge is 0.272 e. The molecule has 0 aliphatic carbocycles. The summed E-state index contributed by atoms with van der Waals surface area (Å²) in [5, 5.41) is 3.12. The van der Waals surface area contributed by atoms with Crippen LogP contribution in [0.3, 0.4) is 0 Å². The second-order valence-electron chi connectivity index (χ2n) is 4.94. The molecule has 19 heavy (non-hydrogen) atoms. The number of carbonyl (C=O) groups excluding carboxylic acids is 1. The fourth-order valence-electron chi connectivity index (χ4n) is 1.79. The highest BCUT2D eigenvalue weighted by Gasteiger charge is 2.19. The van der Waals surface area contributed by atoms with Gasteiger partial charge in [0, 0.05) is 25.8 Å². The molecule has 0 spiro atoms. The molecule has 6 nitrogen and oxygen atoms in total. The number of aromatic nitrogens is 2. The van der Waals surface area contributed by atoms with Crippen molar-refractivity contribution in [1.82, 2.24) is 14.9 Å². The number of anilines is 1. The second kappa shape index (κ2) is 6.47. The van der Waals surface area contributed by atoms with Crippen LogP contribution >= 0.6 is 0 Å². The number of rotatable bonds is 4. The Bertz CT molecular complexity index is 430. The lowest BCUT2D eigenvalue weighted by atomic mass is 10.2. The standard InChI is InChI=1S/C13H20N4O2/c1-10(2)9-15-13-14-4-3-11(16-13)12(18)17-5-7-19-8-6-17/h3-4,10H,5-9H2,1-2H3,(H,14,15,16). The highest BCUT2D eigenvalue weighted by Crippen LogP contribution is 2.07. The summed E-state index contributed by atoms with van der Waals surface area (Å²) in [5.41, 5.74) is 0.433. The molecule has 1 N–H and O–H groups in total. The first-order valence-electron chi connectivity index (χ1n) is 6.61. The van der Waals surface area contributed by atoms with E-state index in [1.54, 1.807) is 17.2 Å². The Labute approximate surface area is 113 Å². The van der Waals surface area contributed by atoms with Gasteiger partial charge in [-0.25, -0.2) is 9.97 Å². The molecule has 1 aromatic heterocycles. The van der Waals surface area contributed by atoms with Crippen LogP contribution in [0.2, 0.25) is 0 Å². The van der Waals surface area contributed by atoms with Gasteiger partial charge in [0.25, 0.3) is 5.91 Å². The third kappa shape index (κ3) is 3.89. The van der Waals surface area contributed by atoms with Crippen molar-refractivity contribution in [2.75, 3.05) is 38.2 Å². The zero-order valence-corrected chi connectivity index (χ0v) is 11.4. The van der Waals surface area contributed by atoms with Gasteiger partial charge >= 0.3 is 0 Å². The van der Waals surface area contributed by atoms with E-state index >= 15 is 0 Å². The molecule has 1 saturated heterocycles. The lowest BCUT2D eigenvalue weighted by Gasteiger charge is -2.26. The molecule has 1 aromatic rings. The van der Waals surface area contributed by atoms with Gasteiger partial charge in [0.15, 0.2) is 0 Å². The van der Waals surface area contributed by atoms with Gasteiger partial charge in [-0.2, -0.15) is 0 Å². The average Bonchev–Trinajstić information content (AvgIpc) is 2.45. The van der Waals surface area contributed by atoms with Crippen LogP contribution in [0.15, 0.2) is 12.3 Å². The third-order valence-electron chi connectivity index (χ3n) is 2.84. The zero-order chi connectivity index (χ0) is 13.7. The molecule has 2 heterocycles. The van der Waals surface area contributed by atoms with Gasteiger partial charge in [-0.1, -0.05) is 13.8 Å². The SMILES string of the molecule is CC(C)CNc1nccc(C(=O)N2CCOCC2)n1. The minimum atomic E-state index is -0.0571. The summed E-state index contributed by atoms with van der Waals surface area (Å²) < 4.78 is 5.24. The summed E-state index contributed by atoms with van der Waals surface area (Å²) in [6.07, 6.45) is 1.61. The van der Waals surface area contributed by atoms with E-state index in [2.05, 4.69) is 29.1 Å². The molecule has 104 valence electrons. The van der Waals surface area contributed by atoms with Gasteiger partial charge in [0.2, 0.25) is 5.95 Å². The summed E-state index contributed by atoms with van der Waals surface area (Å²) in [4.78, 5) is 22.4. The molecule has 0 saturated carbocycles. The predicted molar refractivity (Wildman–Crippen MR) is 72.1 cm³/mol. The largest absolute Gasteiger partial charge is 0.378 e. The van der Waals surface area contributed by atoms with E-state index in [4.69, 9.17) is 4.74 Å². The fraction of sp³-hybridized carbons (Fsp3) is 0.615. The number of hydrogen-bond acceptors (Lipinski definition) is 5. The third-order valence-corrected chi connectivity index (χ3v) is 2.84. The number of ether oxygens (including phenoxy) is 1. The molecule has 0 bridgehead atoms. The summed E-state index contributed by atoms with van der Waals surface area (Å²) in [6.45, 7) is 7.43. The van der Waals surface area contributed by atoms with Gasteiger partial charge < -0.3 is 15.0 Å². The highest BCUT2D eigenvalue weighted by atomic mass is 16.5. The number of nitrogens with one attached hydrogen (secondary N) is 1. The molecule has 1 aliphatic heterocycles. The van der Waals surface area contributed by atoms with Crippen molar-refractivity contribution in [2.45, 2.75) is 13.8 Å². The second-order valence-corrected chi connectivity index (χ2v) is 4.94. The van der Waals surface area contributed by atoms with E-state index in [-0.39, 0.29) is 5.91 Å². The van der Waals surface area contributed by atoms with Crippen molar-refractivity contribution in [1.29, 1.82) is 0 Å². The Balaban J connectivity index is 2.02. The molecule has 2 rings (SSSR count). The quantitative estimate of drug-likeness (QED) is 0.879. The van der Waals surface area contributed by atoms with Gasteiger partial charge in [0.1, 0.15) is 5.69 Å². The van der Waals surface area contributed by atoms with Crippen molar-refractivity contribution in [3.05, 3.63) is 18.0 Å². The molecule has 0 radical (unpaired) electrons. The Morgan fingerprint density at radius 1 is 1.47 bits per heavy atom. The molecule has 6 heteroatoms. The first kappa shape index (κ1) is 13.7. The first-order valence-corrected chi connectivity index (χ1v) is 6.61. The molecule has 1 fully saturated rings. The summed E-state index contributed by atoms with van der Waals surface area (Å²) in [6, 6.07) is 1.65. The lowest BCUT2D eigenvalue weighted by Crippen LogP contribution is -2.41. The van der Waals surface area contributed by atoms with Crippen LogP contribution in [0.1, 0.15) is 24.3 Å². The van der Waals surface area contributed by atoms with Gasteiger partial charge in [-0.3, -0.25) is 4.79 Å². The van der Waals surface area contributed by atoms with Crippen LogP contribution in [0, 0.1) is 5.92 Å². The van der Waals surface area contributed by atoms with E-state index in [0.717, 1.165) is 6.54 Å². The van der Waals surface area contributed by atoms with Crippen LogP contribution < -0.4 is 5.32 Å². The van der Waals surface area contributed by atoms with E-state index in [0.29, 0.717) is 43.9 Å². The Morgan fingerprint density at radius 3 is 2.89 bits per heavy atom. The van der Waals surface area contributed by atoms with Crippen LogP contribution in [0.4, 0.5) is 5.95 Å². The molecular weight excluding hydrogens is 244 g/mol. The minimum Gasteiger partial charge on any atom is -0.378 e. The Morgan fingerprint density at radius 2 is 2.21 bits per heavy atom. The topological polar surface area (TPSA) is 67.4 Å². The molecule has 1 aliphatic rings. The van der Waals surface area contributed by atoms with Crippen molar-refractivity contribution < 1.29 is 9.53 Å². The van der Waals surface area contributed by atoms with Crippen LogP contribution in [-0.4, -0.2) is 53.6 Å². The van der Waals surface area contributed by atoms with E-state index < -0.39 is 0 Å². The monoisotopic (exact) mass is 264 g/mol. The van der Waals surface area contributed by atoms with Crippen LogP contribution in [0.25, 0.3) is 0 Å². The summed E-state index contributed by atoms with van der Waals surface area (Å²) in [5.74, 6) is 0.952. The number of morpholine rings is 1. The van der Waals surface area contributed by atoms with Crippen LogP contribution in [0.5, 0.6) is 0 Å². The van der Waals surface area contributed by atoms with E-state index in [9.17, 15) is 4.79 Å². The van der Waals surface area contributed by atoms with Gasteiger partial charge in [-0.05, 0) is 12.0 Å². The fourth-order valence-corrected chi connectivity index (χ4v) is 1.79. The highest BCUT2D eigenvalue weighted by molar-refractivity contribution is 5.92. The van der Waals surface area contributed by atoms with Crippen molar-refractivity contribution in [2.24, 2.45) is 5.92 Å². The van der Waals surface area contributed by atoms with Gasteiger partial charge in [0.05, 0.1) is 13.2 Å². The molecule has 1 amide bonds. The van der Waals surface area contributed by atoms with Crippen molar-refractivity contribution >= 4 is 11.9 Å². The normalized spacial score (nSPS) is 15.6. The van der Waals surface area contributed by atoms with Crippen molar-refractivity contribution in [3.8, 4) is 0 Å². The van der Waals surface area contributed by atoms with Crippen molar-refractivity contribution in [3.63, 3.8) is 0 Å². The minimum absolute atomic E-state index is 0.0571. The average molecular weight is 264 g/mol. The maximum absolute atomic E-state index is 12.2. The number of hydrogen-bond donors (Lipinski definition) is 1. The maximum atomic E-state index is 12.2. The molecule has 0 atom stereocenters. The van der Waals surface area contributed by atoms with Gasteiger partial charge in [-0.15, -0.1) is 0 Å². The first-order chi connectivity index (χ1) is 9.16. The summed E-state index contributed by atoms with van der Waals surface area (Å²) in [7, 11) is 0. The lowest BCUT2D eigenvalue weighted by molar-refractivity contribution is 0.0299. The number of amides is 1. The predicted octanol–water partition coefficient (Wildman–Crippen LogP) is 1.02. The molecule has 0 aromatic carbocycles. The Kier molecular flexibility index (Phi) is 4.68. The van der Waals surface area contributed by atoms with E-state index in [1.807, 2.05) is 0 Å². The summed E-state index contributed by atoms with van der Waals surface area (Å²) >= 11 is 0. The number of nitrogens with zero attached hydrogens (tertiary/aromatic N) is 3. The maximum Gasteiger partial charge on any atom is 0.272 e.